The first kappa shape index (κ1) is 19.5. The highest BCUT2D eigenvalue weighted by molar-refractivity contribution is 7.80. The molecule has 2 aliphatic rings. The predicted octanol–water partition coefficient (Wildman–Crippen LogP) is 4.14. The second-order valence-electron chi connectivity index (χ2n) is 7.37. The summed E-state index contributed by atoms with van der Waals surface area (Å²) in [5.41, 5.74) is 1.95. The molecule has 29 heavy (non-hydrogen) atoms. The molecule has 0 radical (unpaired) electrons. The fraction of sp³-hybridized carbons (Fsp3) is 0.304. The summed E-state index contributed by atoms with van der Waals surface area (Å²) in [5, 5.41) is 3.88. The number of nitrogens with one attached hydrogen (secondary N) is 1. The highest BCUT2D eigenvalue weighted by Gasteiger charge is 2.59. The summed E-state index contributed by atoms with van der Waals surface area (Å²) < 4.78 is 11.9. The third-order valence-electron chi connectivity index (χ3n) is 5.61. The van der Waals surface area contributed by atoms with Crippen LogP contribution in [0.2, 0.25) is 0 Å². The lowest BCUT2D eigenvalue weighted by Crippen LogP contribution is -2.71. The molecule has 0 unspecified atom stereocenters. The number of carbonyl (C=O) groups is 1. The van der Waals surface area contributed by atoms with Gasteiger partial charge in [0.05, 0.1) is 6.04 Å². The summed E-state index contributed by atoms with van der Waals surface area (Å²) in [7, 11) is 0. The lowest BCUT2D eigenvalue weighted by molar-refractivity contribution is -0.159. The average molecular weight is 409 g/mol. The van der Waals surface area contributed by atoms with Crippen LogP contribution in [0.25, 0.3) is 0 Å². The molecule has 4 rings (SSSR count). The molecule has 0 aliphatic carbocycles. The Morgan fingerprint density at radius 1 is 1.31 bits per heavy atom. The number of rotatable bonds is 5. The van der Waals surface area contributed by atoms with Crippen LogP contribution in [-0.2, 0) is 16.0 Å². The summed E-state index contributed by atoms with van der Waals surface area (Å²) in [6.45, 7) is 7.80. The Balaban J connectivity index is 1.83. The Hall–Kier alpha value is -2.86. The minimum absolute atomic E-state index is 0.148. The van der Waals surface area contributed by atoms with Crippen molar-refractivity contribution < 1.29 is 14.3 Å². The van der Waals surface area contributed by atoms with Gasteiger partial charge in [-0.15, -0.1) is 0 Å². The Labute approximate surface area is 176 Å². The van der Waals surface area contributed by atoms with E-state index in [4.69, 9.17) is 21.7 Å². The number of benzene rings is 2. The van der Waals surface area contributed by atoms with Crippen LogP contribution in [0.1, 0.15) is 31.0 Å². The second kappa shape index (κ2) is 7.52. The van der Waals surface area contributed by atoms with E-state index in [0.717, 1.165) is 23.4 Å². The number of ether oxygens (including phenoxy) is 2. The van der Waals surface area contributed by atoms with E-state index in [-0.39, 0.29) is 18.6 Å². The number of hydrogen-bond acceptors (Lipinski definition) is 4. The van der Waals surface area contributed by atoms with Crippen LogP contribution in [0, 0.1) is 5.92 Å². The number of hydrogen-bond donors (Lipinski definition) is 1. The van der Waals surface area contributed by atoms with Crippen molar-refractivity contribution in [3.05, 3.63) is 72.3 Å². The van der Waals surface area contributed by atoms with Crippen molar-refractivity contribution in [2.45, 2.75) is 32.0 Å². The molecular weight excluding hydrogens is 384 g/mol. The maximum Gasteiger partial charge on any atom is 0.317 e. The SMILES string of the molecule is C=CCOC(=O)[C@@H]1[C@@H]2NC(=S)N(c3ccc(CC)cc3)[C@]1(C)Oc1ccccc12. The number of carbonyl (C=O) groups excluding carboxylic acids is 1. The normalized spacial score (nSPS) is 24.8. The fourth-order valence-corrected chi connectivity index (χ4v) is 4.60. The van der Waals surface area contributed by atoms with Gasteiger partial charge in [-0.1, -0.05) is 49.9 Å². The zero-order chi connectivity index (χ0) is 20.6. The number of para-hydroxylation sites is 1. The summed E-state index contributed by atoms with van der Waals surface area (Å²) in [6.07, 6.45) is 2.51. The van der Waals surface area contributed by atoms with E-state index in [1.54, 1.807) is 6.08 Å². The van der Waals surface area contributed by atoms with E-state index in [1.165, 1.54) is 5.56 Å². The Bertz CT molecular complexity index is 959. The topological polar surface area (TPSA) is 50.8 Å². The van der Waals surface area contributed by atoms with Gasteiger partial charge in [-0.3, -0.25) is 9.69 Å². The smallest absolute Gasteiger partial charge is 0.317 e. The first-order chi connectivity index (χ1) is 14.0. The van der Waals surface area contributed by atoms with Gasteiger partial charge in [0, 0.05) is 11.3 Å². The molecule has 0 saturated carbocycles. The molecule has 2 bridgehead atoms. The maximum atomic E-state index is 13.1. The van der Waals surface area contributed by atoms with Gasteiger partial charge >= 0.3 is 5.97 Å². The number of nitrogens with zero attached hydrogens (tertiary/aromatic N) is 1. The molecule has 6 heteroatoms. The van der Waals surface area contributed by atoms with Crippen LogP contribution in [0.4, 0.5) is 5.69 Å². The second-order valence-corrected chi connectivity index (χ2v) is 7.76. The highest BCUT2D eigenvalue weighted by atomic mass is 32.1. The molecule has 1 saturated heterocycles. The van der Waals surface area contributed by atoms with E-state index in [2.05, 4.69) is 31.0 Å². The van der Waals surface area contributed by atoms with Crippen molar-refractivity contribution in [1.82, 2.24) is 5.32 Å². The van der Waals surface area contributed by atoms with E-state index in [9.17, 15) is 4.79 Å². The molecule has 150 valence electrons. The Morgan fingerprint density at radius 3 is 2.72 bits per heavy atom. The van der Waals surface area contributed by atoms with Crippen LogP contribution >= 0.6 is 12.2 Å². The number of fused-ring (bicyclic) bond motifs is 4. The van der Waals surface area contributed by atoms with Crippen LogP contribution in [0.3, 0.4) is 0 Å². The van der Waals surface area contributed by atoms with Gasteiger partial charge in [0.2, 0.25) is 5.72 Å². The number of esters is 1. The van der Waals surface area contributed by atoms with Crippen LogP contribution in [0.5, 0.6) is 5.75 Å². The van der Waals surface area contributed by atoms with E-state index in [0.29, 0.717) is 5.11 Å². The first-order valence-corrected chi connectivity index (χ1v) is 10.2. The Kier molecular flexibility index (Phi) is 5.04. The minimum atomic E-state index is -1.03. The van der Waals surface area contributed by atoms with Gasteiger partial charge in [0.25, 0.3) is 0 Å². The van der Waals surface area contributed by atoms with E-state index >= 15 is 0 Å². The number of anilines is 1. The molecule has 0 spiro atoms. The van der Waals surface area contributed by atoms with Gasteiger partial charge in [-0.05, 0) is 49.3 Å². The van der Waals surface area contributed by atoms with Gasteiger partial charge in [0.1, 0.15) is 18.3 Å². The van der Waals surface area contributed by atoms with Gasteiger partial charge in [-0.25, -0.2) is 0 Å². The predicted molar refractivity (Wildman–Crippen MR) is 117 cm³/mol. The van der Waals surface area contributed by atoms with Gasteiger partial charge in [0.15, 0.2) is 5.11 Å². The molecule has 0 amide bonds. The molecule has 0 aromatic heterocycles. The molecule has 2 aromatic carbocycles. The number of aryl methyl sites for hydroxylation is 1. The molecule has 1 fully saturated rings. The van der Waals surface area contributed by atoms with Crippen molar-refractivity contribution in [2.24, 2.45) is 5.92 Å². The average Bonchev–Trinajstić information content (AvgIpc) is 2.72. The van der Waals surface area contributed by atoms with Crippen molar-refractivity contribution in [3.8, 4) is 5.75 Å². The monoisotopic (exact) mass is 408 g/mol. The van der Waals surface area contributed by atoms with E-state index < -0.39 is 11.6 Å². The third kappa shape index (κ3) is 3.17. The van der Waals surface area contributed by atoms with Crippen LogP contribution in [-0.4, -0.2) is 23.4 Å². The molecule has 2 aliphatic heterocycles. The largest absolute Gasteiger partial charge is 0.466 e. The molecular formula is C23H24N2O3S. The maximum absolute atomic E-state index is 13.1. The van der Waals surface area contributed by atoms with Crippen molar-refractivity contribution in [1.29, 1.82) is 0 Å². The lowest BCUT2D eigenvalue weighted by Gasteiger charge is -2.55. The van der Waals surface area contributed by atoms with Crippen molar-refractivity contribution in [3.63, 3.8) is 0 Å². The van der Waals surface area contributed by atoms with Crippen molar-refractivity contribution >= 4 is 29.0 Å². The highest BCUT2D eigenvalue weighted by Crippen LogP contribution is 2.49. The zero-order valence-electron chi connectivity index (χ0n) is 16.6. The van der Waals surface area contributed by atoms with Crippen LogP contribution in [0.15, 0.2) is 61.2 Å². The molecule has 5 nitrogen and oxygen atoms in total. The first-order valence-electron chi connectivity index (χ1n) is 9.74. The fourth-order valence-electron chi connectivity index (χ4n) is 4.19. The third-order valence-corrected chi connectivity index (χ3v) is 5.91. The summed E-state index contributed by atoms with van der Waals surface area (Å²) in [6, 6.07) is 15.5. The molecule has 2 heterocycles. The standard InChI is InChI=1S/C23H24N2O3S/c1-4-14-27-21(26)19-20-17-8-6-7-9-18(17)28-23(19,3)25(22(29)24-20)16-12-10-15(5-2)11-13-16/h4,6-13,19-20H,1,5,14H2,2-3H3,(H,24,29)/t19-,20+,23+/m0/s1. The Morgan fingerprint density at radius 2 is 2.03 bits per heavy atom. The summed E-state index contributed by atoms with van der Waals surface area (Å²) in [4.78, 5) is 15.0. The molecule has 2 aromatic rings. The van der Waals surface area contributed by atoms with Crippen LogP contribution < -0.4 is 15.0 Å². The van der Waals surface area contributed by atoms with E-state index in [1.807, 2.05) is 48.2 Å². The number of thiocarbonyl (C=S) groups is 1. The van der Waals surface area contributed by atoms with Gasteiger partial charge < -0.3 is 14.8 Å². The summed E-state index contributed by atoms with van der Waals surface area (Å²) in [5.74, 6) is -0.232. The molecule has 3 atom stereocenters. The quantitative estimate of drug-likeness (QED) is 0.456. The summed E-state index contributed by atoms with van der Waals surface area (Å²) >= 11 is 5.72. The van der Waals surface area contributed by atoms with Crippen molar-refractivity contribution in [2.75, 3.05) is 11.5 Å². The molecule has 1 N–H and O–H groups in total. The van der Waals surface area contributed by atoms with Gasteiger partial charge in [-0.2, -0.15) is 0 Å². The zero-order valence-corrected chi connectivity index (χ0v) is 17.4. The lowest BCUT2D eigenvalue weighted by atomic mass is 9.79. The minimum Gasteiger partial charge on any atom is -0.466 e.